The van der Waals surface area contributed by atoms with Crippen LogP contribution in [0, 0.1) is 23.9 Å². The molecule has 5 nitrogen and oxygen atoms in total. The van der Waals surface area contributed by atoms with Gasteiger partial charge in [0.2, 0.25) is 0 Å². The summed E-state index contributed by atoms with van der Waals surface area (Å²) < 4.78 is 151. The fourth-order valence-electron chi connectivity index (χ4n) is 10.9. The van der Waals surface area contributed by atoms with E-state index < -0.39 is 113 Å². The van der Waals surface area contributed by atoms with Gasteiger partial charge in [0.1, 0.15) is 5.82 Å². The molecule has 0 radical (unpaired) electrons. The maximum absolute atomic E-state index is 10.4. The van der Waals surface area contributed by atoms with Gasteiger partial charge in [-0.25, -0.2) is 4.98 Å². The number of benzene rings is 10. The zero-order valence-electron chi connectivity index (χ0n) is 59.9. The summed E-state index contributed by atoms with van der Waals surface area (Å²) in [6.45, 7) is 11.9. The Morgan fingerprint density at radius 2 is 1.16 bits per heavy atom. The number of hydrogen-bond acceptors (Lipinski definition) is 2. The molecule has 0 saturated carbocycles. The van der Waals surface area contributed by atoms with Gasteiger partial charge in [-0.15, -0.1) is 29.7 Å². The molecule has 0 spiro atoms. The van der Waals surface area contributed by atoms with Crippen LogP contribution in [0.4, 0.5) is 0 Å². The van der Waals surface area contributed by atoms with E-state index >= 15 is 0 Å². The number of ether oxygens (including phenoxy) is 1. The minimum absolute atomic E-state index is 0. The first-order valence-electron chi connectivity index (χ1n) is 33.9. The van der Waals surface area contributed by atoms with Crippen LogP contribution in [0.25, 0.3) is 117 Å². The van der Waals surface area contributed by atoms with Gasteiger partial charge < -0.3 is 13.9 Å². The molecule has 3 aromatic heterocycles. The molecule has 0 N–H and O–H groups in total. The standard InChI is InChI=1S/C75H58N4O.Pt/c1-74(2,3)47-49-38-39-76-71(40-49)79-68-32-16-15-28-63(68)64-37-35-58(46-70(64)79)80-57-25-17-24-56(45-57)77-48-78-72-59(54-42-52(50-20-9-7-10-21-50)41-53(43-54)51-22-11-8-12-23-51)29-18-30-66(72)67-44-55(75(4,5)6)34-36-62(67)60-26-13-14-27-61(60)65-31-19-33-69(77)73(65)78;/h7-44H,47H2,1-6H3;/q-2;/i7D,8D,9D,10D,11D,12D,20D,21D,22D,23D,41D,42D,43D,47D2;. The van der Waals surface area contributed by atoms with Gasteiger partial charge in [-0.1, -0.05) is 205 Å². The van der Waals surface area contributed by atoms with Crippen molar-refractivity contribution in [2.75, 3.05) is 0 Å². The molecule has 0 aliphatic carbocycles. The van der Waals surface area contributed by atoms with E-state index in [1.165, 1.54) is 0 Å². The zero-order valence-corrected chi connectivity index (χ0v) is 47.2. The predicted octanol–water partition coefficient (Wildman–Crippen LogP) is 18.8. The minimum atomic E-state index is -1.70. The molecule has 0 fully saturated rings. The Labute approximate surface area is 509 Å². The Hall–Kier alpha value is -8.89. The van der Waals surface area contributed by atoms with Crippen molar-refractivity contribution in [3.8, 4) is 95.5 Å². The van der Waals surface area contributed by atoms with Crippen LogP contribution >= 0.6 is 0 Å². The van der Waals surface area contributed by atoms with Gasteiger partial charge in [-0.05, 0) is 142 Å². The first-order chi connectivity index (χ1) is 45.1. The minimum Gasteiger partial charge on any atom is -0.510 e. The molecule has 4 heterocycles. The van der Waals surface area contributed by atoms with Gasteiger partial charge in [-0.3, -0.25) is 4.57 Å². The van der Waals surface area contributed by atoms with Crippen LogP contribution in [0.5, 0.6) is 11.5 Å². The van der Waals surface area contributed by atoms with E-state index in [4.69, 9.17) is 20.7 Å². The summed E-state index contributed by atoms with van der Waals surface area (Å²) in [7, 11) is 0. The average molecular weight is 1240 g/mol. The van der Waals surface area contributed by atoms with Crippen molar-refractivity contribution in [3.63, 3.8) is 0 Å². The maximum atomic E-state index is 10.4. The summed E-state index contributed by atoms with van der Waals surface area (Å²) in [5.74, 6) is 1.16. The van der Waals surface area contributed by atoms with E-state index in [-0.39, 0.29) is 37.6 Å². The predicted molar refractivity (Wildman–Crippen MR) is 328 cm³/mol. The number of para-hydroxylation sites is 3. The Bertz CT molecular complexity index is 5320. The van der Waals surface area contributed by atoms with E-state index in [1.54, 1.807) is 36.5 Å². The maximum Gasteiger partial charge on any atom is 0.268 e. The van der Waals surface area contributed by atoms with Gasteiger partial charge in [0.05, 0.1) is 34.5 Å². The first kappa shape index (κ1) is 37.1. The second-order valence-corrected chi connectivity index (χ2v) is 21.9. The van der Waals surface area contributed by atoms with Crippen molar-refractivity contribution in [1.29, 1.82) is 0 Å². The van der Waals surface area contributed by atoms with Gasteiger partial charge >= 0.3 is 0 Å². The normalized spacial score (nSPS) is 14.8. The zero-order chi connectivity index (χ0) is 67.4. The Morgan fingerprint density at radius 3 is 1.90 bits per heavy atom. The molecule has 1 aliphatic rings. The van der Waals surface area contributed by atoms with Gasteiger partial charge in [0.15, 0.2) is 0 Å². The van der Waals surface area contributed by atoms with Gasteiger partial charge in [0.25, 0.3) is 6.33 Å². The molecule has 0 atom stereocenters. The summed E-state index contributed by atoms with van der Waals surface area (Å²) in [6, 6.07) is 43.8. The number of pyridine rings is 1. The third kappa shape index (κ3) is 9.40. The molecular formula is C75H58N4OPt-2. The van der Waals surface area contributed by atoms with Crippen LogP contribution in [0.3, 0.4) is 0 Å². The largest absolute Gasteiger partial charge is 0.510 e. The van der Waals surface area contributed by atoms with E-state index in [0.29, 0.717) is 56.4 Å². The number of fused-ring (bicyclic) bond motifs is 10. The fourth-order valence-corrected chi connectivity index (χ4v) is 10.9. The molecule has 13 aromatic rings. The summed E-state index contributed by atoms with van der Waals surface area (Å²) in [4.78, 5) is 4.78. The molecule has 6 heteroatoms. The molecule has 81 heavy (non-hydrogen) atoms. The first-order valence-corrected chi connectivity index (χ1v) is 26.4. The monoisotopic (exact) mass is 1240 g/mol. The molecule has 1 aliphatic heterocycles. The van der Waals surface area contributed by atoms with E-state index in [0.717, 1.165) is 49.7 Å². The number of nitrogens with zero attached hydrogens (tertiary/aromatic N) is 4. The third-order valence-electron chi connectivity index (χ3n) is 14.4. The Kier molecular flexibility index (Phi) is 9.32. The quantitative estimate of drug-likeness (QED) is 0.112. The molecule has 0 bridgehead atoms. The van der Waals surface area contributed by atoms with Crippen LogP contribution in [0.2, 0.25) is 0 Å². The summed E-state index contributed by atoms with van der Waals surface area (Å²) in [6.07, 6.45) is 3.63. The number of rotatable bonds is 8. The van der Waals surface area contributed by atoms with Gasteiger partial charge in [0, 0.05) is 47.0 Å². The molecule has 14 rings (SSSR count). The summed E-state index contributed by atoms with van der Waals surface area (Å²) >= 11 is 0. The number of hydrogen-bond donors (Lipinski definition) is 0. The summed E-state index contributed by atoms with van der Waals surface area (Å²) in [5, 5.41) is 1.81. The van der Waals surface area contributed by atoms with E-state index in [9.17, 15) is 9.60 Å². The Balaban J connectivity index is 0.00000833. The summed E-state index contributed by atoms with van der Waals surface area (Å²) in [5.41, 5.74) is 6.30. The Morgan fingerprint density at radius 1 is 0.543 bits per heavy atom. The van der Waals surface area contributed by atoms with Crippen molar-refractivity contribution in [1.82, 2.24) is 14.1 Å². The van der Waals surface area contributed by atoms with Crippen LogP contribution in [0.1, 0.15) is 73.2 Å². The fraction of sp³-hybridized carbons (Fsp3) is 0.120. The molecule has 10 aromatic carbocycles. The smallest absolute Gasteiger partial charge is 0.268 e. The molecule has 0 amide bonds. The molecule has 0 saturated heterocycles. The second kappa shape index (κ2) is 20.3. The molecule has 396 valence electrons. The van der Waals surface area contributed by atoms with Crippen molar-refractivity contribution < 1.29 is 50.9 Å². The van der Waals surface area contributed by atoms with E-state index in [2.05, 4.69) is 63.5 Å². The van der Waals surface area contributed by atoms with Crippen LogP contribution in [-0.4, -0.2) is 14.1 Å². The SMILES string of the molecule is [2H]c1c([2H])c([2H])c(-c2c([2H])c(-c3cccc4c3-[n+]3[c-]n(-c5[c-]c(Oc6[c-]c7c(cc6)c6ccccc6n7-c6cc(C([2H])([2H])C(C)(C)C)ccn6)ccc5)c5cccc(c53)-c3ccccc3-c3ccc(C(C)(C)C)cc3-4)c([2H])c(-c3c([2H])c([2H])c([2H])c([2H])c3[2H])c2[2H])c([2H])c1[2H].[Pt]. The topological polar surface area (TPSA) is 35.9 Å². The second-order valence-electron chi connectivity index (χ2n) is 21.9. The van der Waals surface area contributed by atoms with Crippen LogP contribution in [-0.2, 0) is 32.9 Å². The van der Waals surface area contributed by atoms with Crippen molar-refractivity contribution >= 4 is 32.8 Å². The van der Waals surface area contributed by atoms with Crippen molar-refractivity contribution in [2.24, 2.45) is 5.41 Å². The van der Waals surface area contributed by atoms with Crippen molar-refractivity contribution in [2.45, 2.75) is 53.3 Å². The third-order valence-corrected chi connectivity index (χ3v) is 14.4. The van der Waals surface area contributed by atoms with Crippen LogP contribution in [0.15, 0.2) is 230 Å². The number of imidazole rings is 1. The number of aromatic nitrogens is 4. The molecular weight excluding hydrogens is 1170 g/mol. The van der Waals surface area contributed by atoms with Crippen molar-refractivity contribution in [3.05, 3.63) is 260 Å². The van der Waals surface area contributed by atoms with E-state index in [1.807, 2.05) is 125 Å². The van der Waals surface area contributed by atoms with Gasteiger partial charge in [-0.2, -0.15) is 18.2 Å². The molecule has 0 unspecified atom stereocenters. The average Bonchev–Trinajstić information content (AvgIpc) is 1.12. The van der Waals surface area contributed by atoms with Crippen LogP contribution < -0.4 is 9.30 Å².